The molecule has 2 atom stereocenters. The molecule has 0 bridgehead atoms. The van der Waals surface area contributed by atoms with E-state index in [1.54, 1.807) is 0 Å². The third kappa shape index (κ3) is 4.66. The number of carbonyl (C=O) groups excluding carboxylic acids is 1. The van der Waals surface area contributed by atoms with Crippen molar-refractivity contribution in [1.82, 2.24) is 14.5 Å². The number of sulfonamides is 1. The standard InChI is InChI=1S/C23H28FN3O3S/c1-17(18-7-3-2-4-8-18)26-14-11-20(16-26)25-23(28)19-9-10-21(24)22(15-19)31(29,30)27-12-5-6-13-27/h2-4,7-10,15,17,20H,5-6,11-14,16H2,1H3,(H,25,28). The summed E-state index contributed by atoms with van der Waals surface area (Å²) in [5, 5.41) is 2.99. The Morgan fingerprint density at radius 3 is 2.52 bits per heavy atom. The van der Waals surface area contributed by atoms with Crippen molar-refractivity contribution in [2.75, 3.05) is 26.2 Å². The number of nitrogens with zero attached hydrogens (tertiary/aromatic N) is 2. The first-order valence-corrected chi connectivity index (χ1v) is 12.2. The van der Waals surface area contributed by atoms with Crippen molar-refractivity contribution in [2.24, 2.45) is 0 Å². The van der Waals surface area contributed by atoms with Gasteiger partial charge in [0.1, 0.15) is 10.7 Å². The molecular formula is C23H28FN3O3S. The van der Waals surface area contributed by atoms with Crippen molar-refractivity contribution in [1.29, 1.82) is 0 Å². The van der Waals surface area contributed by atoms with Gasteiger partial charge in [-0.25, -0.2) is 12.8 Å². The first-order valence-electron chi connectivity index (χ1n) is 10.8. The van der Waals surface area contributed by atoms with Gasteiger partial charge in [0.05, 0.1) is 0 Å². The van der Waals surface area contributed by atoms with E-state index >= 15 is 0 Å². The highest BCUT2D eigenvalue weighted by molar-refractivity contribution is 7.89. The van der Waals surface area contributed by atoms with Crippen LogP contribution in [0.1, 0.15) is 48.1 Å². The summed E-state index contributed by atoms with van der Waals surface area (Å²) in [7, 11) is -3.93. The van der Waals surface area contributed by atoms with E-state index in [4.69, 9.17) is 0 Å². The molecule has 2 aromatic carbocycles. The predicted molar refractivity (Wildman–Crippen MR) is 117 cm³/mol. The maximum atomic E-state index is 14.3. The number of hydrogen-bond donors (Lipinski definition) is 1. The molecule has 1 N–H and O–H groups in total. The molecule has 0 saturated carbocycles. The van der Waals surface area contributed by atoms with Crippen molar-refractivity contribution in [3.8, 4) is 0 Å². The number of carbonyl (C=O) groups is 1. The largest absolute Gasteiger partial charge is 0.348 e. The van der Waals surface area contributed by atoms with Gasteiger partial charge in [-0.2, -0.15) is 4.31 Å². The van der Waals surface area contributed by atoms with Crippen LogP contribution in [-0.2, 0) is 10.0 Å². The summed E-state index contributed by atoms with van der Waals surface area (Å²) in [4.78, 5) is 14.7. The fourth-order valence-electron chi connectivity index (χ4n) is 4.38. The van der Waals surface area contributed by atoms with Crippen LogP contribution < -0.4 is 5.32 Å². The van der Waals surface area contributed by atoms with Crippen molar-refractivity contribution in [2.45, 2.75) is 43.2 Å². The Kier molecular flexibility index (Phi) is 6.41. The molecule has 2 aliphatic heterocycles. The minimum absolute atomic E-state index is 0.0395. The number of halogens is 1. The number of hydrogen-bond acceptors (Lipinski definition) is 4. The molecule has 2 heterocycles. The molecule has 6 nitrogen and oxygen atoms in total. The highest BCUT2D eigenvalue weighted by Crippen LogP contribution is 2.26. The minimum atomic E-state index is -3.93. The van der Waals surface area contributed by atoms with Crippen molar-refractivity contribution >= 4 is 15.9 Å². The first kappa shape index (κ1) is 21.9. The number of benzene rings is 2. The van der Waals surface area contributed by atoms with Crippen LogP contribution in [0.4, 0.5) is 4.39 Å². The fourth-order valence-corrected chi connectivity index (χ4v) is 5.99. The van der Waals surface area contributed by atoms with Crippen LogP contribution >= 0.6 is 0 Å². The Hall–Kier alpha value is -2.29. The van der Waals surface area contributed by atoms with Crippen LogP contribution in [0.3, 0.4) is 0 Å². The maximum absolute atomic E-state index is 14.3. The topological polar surface area (TPSA) is 69.7 Å². The number of rotatable bonds is 6. The molecule has 0 aromatic heterocycles. The van der Waals surface area contributed by atoms with Gasteiger partial charge >= 0.3 is 0 Å². The van der Waals surface area contributed by atoms with Crippen LogP contribution in [0.2, 0.25) is 0 Å². The third-order valence-corrected chi connectivity index (χ3v) is 8.17. The second kappa shape index (κ2) is 9.06. The molecule has 2 aliphatic rings. The van der Waals surface area contributed by atoms with Crippen LogP contribution in [0.15, 0.2) is 53.4 Å². The lowest BCUT2D eigenvalue weighted by Gasteiger charge is -2.24. The van der Waals surface area contributed by atoms with Crippen LogP contribution in [0.5, 0.6) is 0 Å². The summed E-state index contributed by atoms with van der Waals surface area (Å²) >= 11 is 0. The average molecular weight is 446 g/mol. The SMILES string of the molecule is CC(c1ccccc1)N1CCC(NC(=O)c2ccc(F)c(S(=O)(=O)N3CCCC3)c2)C1. The van der Waals surface area contributed by atoms with Crippen LogP contribution in [-0.4, -0.2) is 55.8 Å². The van der Waals surface area contributed by atoms with E-state index in [-0.39, 0.29) is 23.6 Å². The second-order valence-electron chi connectivity index (χ2n) is 8.30. The molecule has 31 heavy (non-hydrogen) atoms. The molecule has 0 spiro atoms. The molecule has 4 rings (SSSR count). The lowest BCUT2D eigenvalue weighted by atomic mass is 10.1. The van der Waals surface area contributed by atoms with E-state index in [2.05, 4.69) is 29.3 Å². The zero-order chi connectivity index (χ0) is 22.0. The van der Waals surface area contributed by atoms with Crippen molar-refractivity contribution < 1.29 is 17.6 Å². The first-order chi connectivity index (χ1) is 14.9. The number of likely N-dealkylation sites (tertiary alicyclic amines) is 1. The van der Waals surface area contributed by atoms with E-state index in [0.29, 0.717) is 19.6 Å². The van der Waals surface area contributed by atoms with Crippen LogP contribution in [0.25, 0.3) is 0 Å². The Labute approximate surface area is 183 Å². The predicted octanol–water partition coefficient (Wildman–Crippen LogP) is 3.18. The summed E-state index contributed by atoms with van der Waals surface area (Å²) in [5.41, 5.74) is 1.39. The van der Waals surface area contributed by atoms with Crippen LogP contribution in [0, 0.1) is 5.82 Å². The summed E-state index contributed by atoms with van der Waals surface area (Å²) in [6, 6.07) is 14.0. The molecule has 2 saturated heterocycles. The summed E-state index contributed by atoms with van der Waals surface area (Å²) in [6.45, 7) is 4.49. The molecule has 2 aromatic rings. The number of amides is 1. The van der Waals surface area contributed by atoms with E-state index in [1.165, 1.54) is 15.9 Å². The van der Waals surface area contributed by atoms with Gasteiger partial charge in [-0.05, 0) is 49.9 Å². The second-order valence-corrected chi connectivity index (χ2v) is 10.2. The van der Waals surface area contributed by atoms with Gasteiger partial charge in [0.15, 0.2) is 0 Å². The highest BCUT2D eigenvalue weighted by Gasteiger charge is 2.31. The monoisotopic (exact) mass is 445 g/mol. The van der Waals surface area contributed by atoms with Gasteiger partial charge in [-0.15, -0.1) is 0 Å². The fraction of sp³-hybridized carbons (Fsp3) is 0.435. The van der Waals surface area contributed by atoms with Gasteiger partial charge in [-0.3, -0.25) is 9.69 Å². The molecule has 0 aliphatic carbocycles. The molecule has 166 valence electrons. The molecular weight excluding hydrogens is 417 g/mol. The maximum Gasteiger partial charge on any atom is 0.251 e. The molecule has 8 heteroatoms. The Bertz CT molecular complexity index is 1040. The Morgan fingerprint density at radius 1 is 1.10 bits per heavy atom. The van der Waals surface area contributed by atoms with Gasteiger partial charge in [-0.1, -0.05) is 30.3 Å². The van der Waals surface area contributed by atoms with E-state index < -0.39 is 20.7 Å². The molecule has 2 unspecified atom stereocenters. The van der Waals surface area contributed by atoms with E-state index in [1.807, 2.05) is 18.2 Å². The Morgan fingerprint density at radius 2 is 1.81 bits per heavy atom. The van der Waals surface area contributed by atoms with Crippen molar-refractivity contribution in [3.63, 3.8) is 0 Å². The minimum Gasteiger partial charge on any atom is -0.348 e. The van der Waals surface area contributed by atoms with Gasteiger partial charge in [0.25, 0.3) is 5.91 Å². The summed E-state index contributed by atoms with van der Waals surface area (Å²) < 4.78 is 41.2. The van der Waals surface area contributed by atoms with E-state index in [9.17, 15) is 17.6 Å². The van der Waals surface area contributed by atoms with Crippen molar-refractivity contribution in [3.05, 3.63) is 65.5 Å². The smallest absolute Gasteiger partial charge is 0.251 e. The number of nitrogens with one attached hydrogen (secondary N) is 1. The zero-order valence-electron chi connectivity index (χ0n) is 17.6. The third-order valence-electron chi connectivity index (χ3n) is 6.26. The van der Waals surface area contributed by atoms with Gasteiger partial charge in [0.2, 0.25) is 10.0 Å². The lowest BCUT2D eigenvalue weighted by molar-refractivity contribution is 0.0936. The van der Waals surface area contributed by atoms with E-state index in [0.717, 1.165) is 37.9 Å². The normalized spacial score (nSPS) is 21.3. The summed E-state index contributed by atoms with van der Waals surface area (Å²) in [6.07, 6.45) is 2.34. The molecule has 0 radical (unpaired) electrons. The zero-order valence-corrected chi connectivity index (χ0v) is 18.4. The molecule has 1 amide bonds. The average Bonchev–Trinajstić information content (AvgIpc) is 3.47. The quantitative estimate of drug-likeness (QED) is 0.742. The van der Waals surface area contributed by atoms with Gasteiger partial charge < -0.3 is 5.32 Å². The highest BCUT2D eigenvalue weighted by atomic mass is 32.2. The Balaban J connectivity index is 1.43. The summed E-state index contributed by atoms with van der Waals surface area (Å²) in [5.74, 6) is -1.20. The lowest BCUT2D eigenvalue weighted by Crippen LogP contribution is -2.37. The molecule has 2 fully saturated rings. The van der Waals surface area contributed by atoms with Gasteiger partial charge in [0, 0.05) is 43.8 Å².